The Morgan fingerprint density at radius 2 is 2.24 bits per heavy atom. The third-order valence-corrected chi connectivity index (χ3v) is 3.95. The van der Waals surface area contributed by atoms with E-state index in [-0.39, 0.29) is 0 Å². The van der Waals surface area contributed by atoms with Crippen molar-refractivity contribution in [2.24, 2.45) is 10.9 Å². The fourth-order valence-electron chi connectivity index (χ4n) is 2.23. The minimum Gasteiger partial charge on any atom is -0.323 e. The maximum absolute atomic E-state index is 6.33. The second kappa shape index (κ2) is 5.23. The molecule has 6 nitrogen and oxygen atoms in total. The van der Waals surface area contributed by atoms with Crippen molar-refractivity contribution >= 4 is 46.2 Å². The molecule has 0 amide bonds. The Labute approximate surface area is 129 Å². The third-order valence-electron chi connectivity index (χ3n) is 3.15. The number of nitrogens with one attached hydrogen (secondary N) is 1. The summed E-state index contributed by atoms with van der Waals surface area (Å²) in [6, 6.07) is 3.63. The fraction of sp³-hybridized carbons (Fsp3) is 0. The average molecular weight is 322 g/mol. The molecule has 0 aliphatic carbocycles. The van der Waals surface area contributed by atoms with Gasteiger partial charge in [-0.05, 0) is 12.1 Å². The van der Waals surface area contributed by atoms with Crippen LogP contribution in [0, 0.1) is 0 Å². The first-order chi connectivity index (χ1) is 10.1. The molecule has 3 aromatic rings. The highest BCUT2D eigenvalue weighted by Gasteiger charge is 2.22. The number of nitrogens with zero attached hydrogens (tertiary/aromatic N) is 3. The van der Waals surface area contributed by atoms with Gasteiger partial charge in [0.15, 0.2) is 5.52 Å². The second-order valence-electron chi connectivity index (χ2n) is 4.36. The number of hydrogen-bond donors (Lipinski definition) is 3. The van der Waals surface area contributed by atoms with Gasteiger partial charge in [0, 0.05) is 22.7 Å². The highest BCUT2D eigenvalue weighted by molar-refractivity contribution is 6.46. The Morgan fingerprint density at radius 1 is 1.43 bits per heavy atom. The first kappa shape index (κ1) is 13.7. The Hall–Kier alpha value is -2.31. The largest absolute Gasteiger partial charge is 0.323 e. The fourth-order valence-corrected chi connectivity index (χ4v) is 2.63. The normalized spacial score (nSPS) is 11.5. The van der Waals surface area contributed by atoms with Crippen molar-refractivity contribution in [2.45, 2.75) is 0 Å². The predicted molar refractivity (Wildman–Crippen MR) is 84.5 cm³/mol. The van der Waals surface area contributed by atoms with Crippen LogP contribution in [-0.4, -0.2) is 26.8 Å². The van der Waals surface area contributed by atoms with Gasteiger partial charge in [-0.2, -0.15) is 14.8 Å². The summed E-state index contributed by atoms with van der Waals surface area (Å²) >= 11 is 12.4. The molecule has 0 aliphatic heterocycles. The lowest BCUT2D eigenvalue weighted by atomic mass is 10.1. The maximum atomic E-state index is 6.33. The molecular formula is C13H11Cl2N6+. The average Bonchev–Trinajstić information content (AvgIpc) is 3.10. The highest BCUT2D eigenvalue weighted by Crippen LogP contribution is 2.37. The zero-order valence-corrected chi connectivity index (χ0v) is 12.2. The molecular weight excluding hydrogens is 311 g/mol. The molecule has 106 valence electrons. The van der Waals surface area contributed by atoms with Gasteiger partial charge in [-0.1, -0.05) is 23.2 Å². The van der Waals surface area contributed by atoms with E-state index in [4.69, 9.17) is 34.5 Å². The summed E-state index contributed by atoms with van der Waals surface area (Å²) in [5, 5.41) is 17.9. The smallest absolute Gasteiger partial charge is 0.298 e. The van der Waals surface area contributed by atoms with E-state index in [0.29, 0.717) is 21.4 Å². The van der Waals surface area contributed by atoms with Gasteiger partial charge in [0.2, 0.25) is 0 Å². The van der Waals surface area contributed by atoms with Crippen molar-refractivity contribution < 1.29 is 5.41 Å². The van der Waals surface area contributed by atoms with Crippen molar-refractivity contribution in [3.8, 4) is 11.1 Å². The van der Waals surface area contributed by atoms with Crippen LogP contribution < -0.4 is 11.3 Å². The number of fused-ring (bicyclic) bond motifs is 1. The number of aromatic amines is 1. The number of rotatable bonds is 2. The summed E-state index contributed by atoms with van der Waals surface area (Å²) in [4.78, 5) is 0. The number of halogens is 2. The summed E-state index contributed by atoms with van der Waals surface area (Å²) in [5.41, 5.74) is 2.53. The molecule has 0 aliphatic rings. The molecule has 2 heterocycles. The first-order valence-electron chi connectivity index (χ1n) is 5.97. The first-order valence-corrected chi connectivity index (χ1v) is 6.73. The van der Waals surface area contributed by atoms with Crippen LogP contribution in [0.5, 0.6) is 0 Å². The maximum Gasteiger partial charge on any atom is 0.298 e. The lowest BCUT2D eigenvalue weighted by Crippen LogP contribution is -2.45. The van der Waals surface area contributed by atoms with Crippen LogP contribution in [0.1, 0.15) is 0 Å². The third kappa shape index (κ3) is 2.18. The van der Waals surface area contributed by atoms with Crippen LogP contribution in [0.25, 0.3) is 22.0 Å². The molecule has 21 heavy (non-hydrogen) atoms. The van der Waals surface area contributed by atoms with Crippen LogP contribution in [0.15, 0.2) is 35.8 Å². The van der Waals surface area contributed by atoms with Gasteiger partial charge < -0.3 is 5.84 Å². The lowest BCUT2D eigenvalue weighted by Gasteiger charge is -1.99. The number of hydrogen-bond acceptors (Lipinski definition) is 3. The van der Waals surface area contributed by atoms with E-state index in [0.717, 1.165) is 16.5 Å². The van der Waals surface area contributed by atoms with Gasteiger partial charge >= 0.3 is 0 Å². The molecule has 0 spiro atoms. The molecule has 0 bridgehead atoms. The molecule has 0 radical (unpaired) electrons. The van der Waals surface area contributed by atoms with Crippen molar-refractivity contribution in [3.05, 3.63) is 40.8 Å². The van der Waals surface area contributed by atoms with Gasteiger partial charge in [0.1, 0.15) is 17.4 Å². The summed E-state index contributed by atoms with van der Waals surface area (Å²) < 4.78 is 1.70. The van der Waals surface area contributed by atoms with E-state index in [2.05, 4.69) is 15.3 Å². The monoisotopic (exact) mass is 321 g/mol. The van der Waals surface area contributed by atoms with Crippen molar-refractivity contribution in [1.29, 1.82) is 0 Å². The minimum absolute atomic E-state index is 0.335. The lowest BCUT2D eigenvalue weighted by molar-refractivity contribution is -0.113. The zero-order valence-electron chi connectivity index (χ0n) is 10.7. The Bertz CT molecular complexity index is 847. The van der Waals surface area contributed by atoms with E-state index in [1.807, 2.05) is 12.3 Å². The molecule has 2 aromatic heterocycles. The summed E-state index contributed by atoms with van der Waals surface area (Å²) in [7, 11) is 0. The van der Waals surface area contributed by atoms with Gasteiger partial charge in [0.25, 0.3) is 5.84 Å². The van der Waals surface area contributed by atoms with E-state index in [1.165, 1.54) is 6.21 Å². The summed E-state index contributed by atoms with van der Waals surface area (Å²) in [5.74, 6) is 5.50. The minimum atomic E-state index is 0.335. The van der Waals surface area contributed by atoms with Crippen LogP contribution in [0.4, 0.5) is 0 Å². The quantitative estimate of drug-likeness (QED) is 0.287. The van der Waals surface area contributed by atoms with Crippen LogP contribution in [-0.2, 0) is 0 Å². The van der Waals surface area contributed by atoms with Gasteiger partial charge in [-0.3, -0.25) is 10.5 Å². The molecule has 0 saturated carbocycles. The summed E-state index contributed by atoms with van der Waals surface area (Å²) in [6.45, 7) is 0. The molecule has 0 unspecified atom stereocenters. The molecule has 0 atom stereocenters. The van der Waals surface area contributed by atoms with Crippen molar-refractivity contribution in [2.75, 3.05) is 0 Å². The predicted octanol–water partition coefficient (Wildman–Crippen LogP) is 1.29. The SMILES string of the molecule is N/N=C\C(=[NH2+])n1cc(-c2cn[nH]c2)c2ccc(Cl)c(Cl)c21. The second-order valence-corrected chi connectivity index (χ2v) is 5.15. The Balaban J connectivity index is 2.37. The number of nitrogens with two attached hydrogens (primary N) is 2. The number of benzene rings is 1. The van der Waals surface area contributed by atoms with E-state index >= 15 is 0 Å². The van der Waals surface area contributed by atoms with Crippen LogP contribution >= 0.6 is 23.2 Å². The van der Waals surface area contributed by atoms with E-state index < -0.39 is 0 Å². The molecule has 1 aromatic carbocycles. The van der Waals surface area contributed by atoms with Crippen LogP contribution in [0.2, 0.25) is 10.0 Å². The zero-order chi connectivity index (χ0) is 15.0. The molecule has 0 saturated heterocycles. The molecule has 5 N–H and O–H groups in total. The standard InChI is InChI=1S/C13H10Cl2N6/c14-10-2-1-8-9(7-3-19-20-4-7)6-21(11(16)5-18-17)13(8)12(10)15/h1-6,16H,17H2,(H,19,20)/p+1/b16-11?,18-5-. The van der Waals surface area contributed by atoms with Crippen LogP contribution in [0.3, 0.4) is 0 Å². The van der Waals surface area contributed by atoms with Crippen molar-refractivity contribution in [3.63, 3.8) is 0 Å². The van der Waals surface area contributed by atoms with Gasteiger partial charge in [-0.25, -0.2) is 0 Å². The van der Waals surface area contributed by atoms with E-state index in [1.54, 1.807) is 23.0 Å². The van der Waals surface area contributed by atoms with E-state index in [9.17, 15) is 0 Å². The van der Waals surface area contributed by atoms with Gasteiger partial charge in [-0.15, -0.1) is 0 Å². The Kier molecular flexibility index (Phi) is 3.40. The number of H-pyrrole nitrogens is 1. The number of aromatic nitrogens is 3. The Morgan fingerprint density at radius 3 is 2.90 bits per heavy atom. The molecule has 0 fully saturated rings. The van der Waals surface area contributed by atoms with Crippen molar-refractivity contribution in [1.82, 2.24) is 14.8 Å². The topological polar surface area (TPSA) is 97.6 Å². The summed E-state index contributed by atoms with van der Waals surface area (Å²) in [6.07, 6.45) is 6.69. The number of hydrazone groups is 1. The van der Waals surface area contributed by atoms with Gasteiger partial charge in [0.05, 0.1) is 11.2 Å². The molecule has 3 rings (SSSR count). The molecule has 8 heteroatoms. The highest BCUT2D eigenvalue weighted by atomic mass is 35.5.